The third-order valence-corrected chi connectivity index (χ3v) is 4.97. The van der Waals surface area contributed by atoms with Crippen molar-refractivity contribution in [3.63, 3.8) is 0 Å². The van der Waals surface area contributed by atoms with Crippen LogP contribution in [0, 0.1) is 17.8 Å². The molecule has 18 heavy (non-hydrogen) atoms. The van der Waals surface area contributed by atoms with Crippen LogP contribution in [-0.2, 0) is 6.42 Å². The fraction of sp³-hybridized carbons (Fsp3) is 0.750. The Kier molecular flexibility index (Phi) is 5.71. The normalized spacial score (nSPS) is 24.6. The van der Waals surface area contributed by atoms with Crippen molar-refractivity contribution < 1.29 is 0 Å². The van der Waals surface area contributed by atoms with E-state index in [1.807, 2.05) is 11.3 Å². The quantitative estimate of drug-likeness (QED) is 0.806. The van der Waals surface area contributed by atoms with Crippen molar-refractivity contribution in [1.82, 2.24) is 5.32 Å². The highest BCUT2D eigenvalue weighted by Gasteiger charge is 2.25. The Balaban J connectivity index is 1.81. The van der Waals surface area contributed by atoms with Crippen molar-refractivity contribution in [1.29, 1.82) is 0 Å². The first-order valence-corrected chi connectivity index (χ1v) is 8.36. The van der Waals surface area contributed by atoms with Crippen LogP contribution in [-0.4, -0.2) is 13.1 Å². The third-order valence-electron chi connectivity index (χ3n) is 4.07. The molecule has 0 saturated heterocycles. The largest absolute Gasteiger partial charge is 0.316 e. The summed E-state index contributed by atoms with van der Waals surface area (Å²) < 4.78 is 0. The highest BCUT2D eigenvalue weighted by Crippen LogP contribution is 2.33. The van der Waals surface area contributed by atoms with Crippen molar-refractivity contribution in [3.05, 3.63) is 22.4 Å². The Hall–Kier alpha value is -0.340. The maximum Gasteiger partial charge on any atom is 0.00480 e. The molecule has 1 nitrogen and oxygen atoms in total. The molecule has 0 aliphatic heterocycles. The molecule has 1 saturated carbocycles. The maximum absolute atomic E-state index is 3.67. The lowest BCUT2D eigenvalue weighted by molar-refractivity contribution is 0.227. The average Bonchev–Trinajstić information content (AvgIpc) is 2.84. The molecule has 2 rings (SSSR count). The van der Waals surface area contributed by atoms with Crippen LogP contribution in [0.1, 0.15) is 44.4 Å². The molecule has 0 bridgehead atoms. The zero-order valence-corrected chi connectivity index (χ0v) is 12.6. The molecule has 1 heterocycles. The molecule has 1 aliphatic rings. The molecule has 0 aromatic carbocycles. The summed E-state index contributed by atoms with van der Waals surface area (Å²) in [5, 5.41) is 5.88. The zero-order valence-electron chi connectivity index (χ0n) is 11.8. The minimum Gasteiger partial charge on any atom is -0.316 e. The molecular formula is C16H27NS. The maximum atomic E-state index is 3.67. The van der Waals surface area contributed by atoms with Gasteiger partial charge in [-0.15, -0.1) is 11.3 Å². The van der Waals surface area contributed by atoms with Crippen molar-refractivity contribution in [3.8, 4) is 0 Å². The Bertz CT molecular complexity index is 318. The van der Waals surface area contributed by atoms with E-state index in [1.54, 1.807) is 4.88 Å². The molecule has 0 spiro atoms. The van der Waals surface area contributed by atoms with Gasteiger partial charge in [0.25, 0.3) is 0 Å². The summed E-state index contributed by atoms with van der Waals surface area (Å²) in [6, 6.07) is 4.49. The molecule has 1 aromatic heterocycles. The minimum absolute atomic E-state index is 0.768. The first-order valence-electron chi connectivity index (χ1n) is 7.49. The van der Waals surface area contributed by atoms with Gasteiger partial charge in [-0.05, 0) is 61.6 Å². The van der Waals surface area contributed by atoms with Gasteiger partial charge in [-0.3, -0.25) is 0 Å². The molecule has 102 valence electrons. The van der Waals surface area contributed by atoms with Crippen LogP contribution in [0.3, 0.4) is 0 Å². The molecule has 1 aromatic rings. The minimum atomic E-state index is 0.768. The predicted octanol–water partition coefficient (Wildman–Crippen LogP) is 4.34. The predicted molar refractivity (Wildman–Crippen MR) is 81.2 cm³/mol. The molecule has 2 heteroatoms. The standard InChI is InChI=1S/C16H27NS/c1-13(2)11-17-12-15-7-4-3-6-14(15)10-16-8-5-9-18-16/h5,8-9,13-15,17H,3-4,6-7,10-12H2,1-2H3. The Morgan fingerprint density at radius 1 is 1.28 bits per heavy atom. The molecule has 2 atom stereocenters. The fourth-order valence-corrected chi connectivity index (χ4v) is 3.87. The van der Waals surface area contributed by atoms with E-state index in [-0.39, 0.29) is 0 Å². The van der Waals surface area contributed by atoms with Crippen LogP contribution in [0.25, 0.3) is 0 Å². The Morgan fingerprint density at radius 2 is 2.06 bits per heavy atom. The van der Waals surface area contributed by atoms with Crippen molar-refractivity contribution >= 4 is 11.3 Å². The smallest absolute Gasteiger partial charge is 0.00480 e. The summed E-state index contributed by atoms with van der Waals surface area (Å²) in [6.07, 6.45) is 7.06. The van der Waals surface area contributed by atoms with E-state index in [0.717, 1.165) is 17.8 Å². The second-order valence-corrected chi connectivity index (χ2v) is 7.17. The van der Waals surface area contributed by atoms with Gasteiger partial charge in [-0.25, -0.2) is 0 Å². The van der Waals surface area contributed by atoms with Crippen molar-refractivity contribution in [2.75, 3.05) is 13.1 Å². The van der Waals surface area contributed by atoms with Gasteiger partial charge in [0.05, 0.1) is 0 Å². The second-order valence-electron chi connectivity index (χ2n) is 6.14. The van der Waals surface area contributed by atoms with Gasteiger partial charge in [0.2, 0.25) is 0 Å². The first kappa shape index (κ1) is 14.1. The lowest BCUT2D eigenvalue weighted by atomic mass is 9.77. The molecule has 0 radical (unpaired) electrons. The van der Waals surface area contributed by atoms with Gasteiger partial charge in [0, 0.05) is 4.88 Å². The summed E-state index contributed by atoms with van der Waals surface area (Å²) in [5.41, 5.74) is 0. The molecule has 1 N–H and O–H groups in total. The molecule has 1 fully saturated rings. The van der Waals surface area contributed by atoms with Gasteiger partial charge < -0.3 is 5.32 Å². The first-order chi connectivity index (χ1) is 8.75. The van der Waals surface area contributed by atoms with E-state index in [1.165, 1.54) is 45.2 Å². The monoisotopic (exact) mass is 265 g/mol. The number of hydrogen-bond donors (Lipinski definition) is 1. The second kappa shape index (κ2) is 7.30. The van der Waals surface area contributed by atoms with Gasteiger partial charge in [-0.1, -0.05) is 32.8 Å². The topological polar surface area (TPSA) is 12.0 Å². The Morgan fingerprint density at radius 3 is 2.72 bits per heavy atom. The fourth-order valence-electron chi connectivity index (χ4n) is 3.07. The van der Waals surface area contributed by atoms with E-state index in [9.17, 15) is 0 Å². The average molecular weight is 265 g/mol. The van der Waals surface area contributed by atoms with Crippen molar-refractivity contribution in [2.24, 2.45) is 17.8 Å². The van der Waals surface area contributed by atoms with Crippen LogP contribution in [0.2, 0.25) is 0 Å². The summed E-state index contributed by atoms with van der Waals surface area (Å²) >= 11 is 1.93. The summed E-state index contributed by atoms with van der Waals surface area (Å²) in [4.78, 5) is 1.58. The number of thiophene rings is 1. The van der Waals surface area contributed by atoms with Crippen LogP contribution in [0.5, 0.6) is 0 Å². The van der Waals surface area contributed by atoms with Gasteiger partial charge >= 0.3 is 0 Å². The summed E-state index contributed by atoms with van der Waals surface area (Å²) in [7, 11) is 0. The van der Waals surface area contributed by atoms with E-state index < -0.39 is 0 Å². The van der Waals surface area contributed by atoms with E-state index in [2.05, 4.69) is 36.7 Å². The van der Waals surface area contributed by atoms with Crippen LogP contribution < -0.4 is 5.32 Å². The number of hydrogen-bond acceptors (Lipinski definition) is 2. The molecule has 2 unspecified atom stereocenters. The Labute approximate surface area is 116 Å². The van der Waals surface area contributed by atoms with E-state index in [0.29, 0.717) is 0 Å². The highest BCUT2D eigenvalue weighted by atomic mass is 32.1. The van der Waals surface area contributed by atoms with E-state index in [4.69, 9.17) is 0 Å². The number of nitrogens with one attached hydrogen (secondary N) is 1. The SMILES string of the molecule is CC(C)CNCC1CCCCC1Cc1cccs1. The van der Waals surface area contributed by atoms with E-state index >= 15 is 0 Å². The zero-order chi connectivity index (χ0) is 12.8. The number of rotatable bonds is 6. The van der Waals surface area contributed by atoms with Gasteiger partial charge in [-0.2, -0.15) is 0 Å². The summed E-state index contributed by atoms with van der Waals surface area (Å²) in [6.45, 7) is 6.98. The van der Waals surface area contributed by atoms with Crippen LogP contribution in [0.4, 0.5) is 0 Å². The van der Waals surface area contributed by atoms with Crippen LogP contribution >= 0.6 is 11.3 Å². The lowest BCUT2D eigenvalue weighted by Gasteiger charge is -2.32. The highest BCUT2D eigenvalue weighted by molar-refractivity contribution is 7.09. The molecule has 1 aliphatic carbocycles. The third kappa shape index (κ3) is 4.40. The lowest BCUT2D eigenvalue weighted by Crippen LogP contribution is -2.33. The van der Waals surface area contributed by atoms with Gasteiger partial charge in [0.1, 0.15) is 0 Å². The molecular weight excluding hydrogens is 238 g/mol. The van der Waals surface area contributed by atoms with Crippen LogP contribution in [0.15, 0.2) is 17.5 Å². The molecule has 0 amide bonds. The van der Waals surface area contributed by atoms with Gasteiger partial charge in [0.15, 0.2) is 0 Å². The summed E-state index contributed by atoms with van der Waals surface area (Å²) in [5.74, 6) is 2.58. The van der Waals surface area contributed by atoms with Crippen molar-refractivity contribution in [2.45, 2.75) is 46.0 Å².